The normalized spacial score (nSPS) is 22.5. The first-order valence-electron chi connectivity index (χ1n) is 13.2. The van der Waals surface area contributed by atoms with Crippen molar-refractivity contribution >= 4 is 28.9 Å². The molecule has 1 saturated carbocycles. The minimum atomic E-state index is -0.533. The zero-order valence-electron chi connectivity index (χ0n) is 22.7. The monoisotopic (exact) mass is 535 g/mol. The van der Waals surface area contributed by atoms with Crippen LogP contribution in [0.5, 0.6) is 17.2 Å². The van der Waals surface area contributed by atoms with Crippen molar-refractivity contribution in [2.75, 3.05) is 26.2 Å². The third-order valence-corrected chi connectivity index (χ3v) is 8.29. The molecule has 4 atom stereocenters. The number of anilines is 1. The number of rotatable bonds is 7. The van der Waals surface area contributed by atoms with E-state index >= 15 is 0 Å². The predicted molar refractivity (Wildman–Crippen MR) is 151 cm³/mol. The van der Waals surface area contributed by atoms with Gasteiger partial charge in [-0.05, 0) is 71.7 Å². The molecular weight excluding hydrogens is 506 g/mol. The van der Waals surface area contributed by atoms with Crippen LogP contribution in [0.15, 0.2) is 84.5 Å². The summed E-state index contributed by atoms with van der Waals surface area (Å²) in [5.74, 6) is -0.373. The molecule has 2 aliphatic carbocycles. The molecule has 0 radical (unpaired) electrons. The number of fused-ring (bicyclic) bond motifs is 5. The highest BCUT2D eigenvalue weighted by Gasteiger charge is 2.62. The van der Waals surface area contributed by atoms with Gasteiger partial charge in [-0.25, -0.2) is 4.90 Å². The van der Waals surface area contributed by atoms with Crippen LogP contribution < -0.4 is 19.1 Å². The maximum absolute atomic E-state index is 14.0. The van der Waals surface area contributed by atoms with E-state index in [0.29, 0.717) is 17.0 Å². The van der Waals surface area contributed by atoms with Crippen molar-refractivity contribution < 1.29 is 28.6 Å². The standard InChI is InChI=1S/C33H29NO6/c1-18(35)21-9-16-27(40-4)26(17-21)34-32(36)30-24-14-15-25(31(30)33(34)37)29(24)28(19-5-10-22(38-2)11-6-19)20-7-12-23(39-3)13-8-20/h5-17,24-25,30-31H,1-4H3. The molecule has 2 amide bonds. The highest BCUT2D eigenvalue weighted by atomic mass is 16.5. The number of ketones is 1. The van der Waals surface area contributed by atoms with Crippen LogP contribution in [0.3, 0.4) is 0 Å². The number of Topliss-reactive ketones (excluding diaryl/α,β-unsaturated/α-hetero) is 1. The Kier molecular flexibility index (Phi) is 6.29. The zero-order valence-corrected chi connectivity index (χ0v) is 22.7. The average Bonchev–Trinajstić information content (AvgIpc) is 3.62. The van der Waals surface area contributed by atoms with Gasteiger partial charge in [-0.15, -0.1) is 0 Å². The second-order valence-electron chi connectivity index (χ2n) is 10.2. The lowest BCUT2D eigenvalue weighted by Gasteiger charge is -2.23. The fourth-order valence-corrected chi connectivity index (χ4v) is 6.43. The minimum absolute atomic E-state index is 0.154. The van der Waals surface area contributed by atoms with Gasteiger partial charge in [-0.3, -0.25) is 14.4 Å². The van der Waals surface area contributed by atoms with Gasteiger partial charge in [0, 0.05) is 17.4 Å². The van der Waals surface area contributed by atoms with Gasteiger partial charge in [0.25, 0.3) is 0 Å². The van der Waals surface area contributed by atoms with Gasteiger partial charge in [0.15, 0.2) is 5.78 Å². The first-order chi connectivity index (χ1) is 19.4. The predicted octanol–water partition coefficient (Wildman–Crippen LogP) is 5.34. The van der Waals surface area contributed by atoms with Crippen molar-refractivity contribution in [2.45, 2.75) is 6.92 Å². The van der Waals surface area contributed by atoms with Crippen molar-refractivity contribution in [3.63, 3.8) is 0 Å². The first kappa shape index (κ1) is 25.6. The van der Waals surface area contributed by atoms with Gasteiger partial charge < -0.3 is 14.2 Å². The molecule has 4 unspecified atom stereocenters. The third-order valence-electron chi connectivity index (χ3n) is 8.29. The summed E-state index contributed by atoms with van der Waals surface area (Å²) < 4.78 is 16.2. The van der Waals surface area contributed by atoms with Gasteiger partial charge >= 0.3 is 0 Å². The van der Waals surface area contributed by atoms with Crippen LogP contribution in [-0.4, -0.2) is 38.9 Å². The number of carbonyl (C=O) groups excluding carboxylic acids is 3. The van der Waals surface area contributed by atoms with E-state index in [-0.39, 0.29) is 29.4 Å². The Morgan fingerprint density at radius 1 is 0.675 bits per heavy atom. The number of allylic oxidation sites excluding steroid dienone is 3. The largest absolute Gasteiger partial charge is 0.497 e. The van der Waals surface area contributed by atoms with E-state index < -0.39 is 11.8 Å². The van der Waals surface area contributed by atoms with E-state index in [4.69, 9.17) is 14.2 Å². The fourth-order valence-electron chi connectivity index (χ4n) is 6.43. The van der Waals surface area contributed by atoms with E-state index in [1.165, 1.54) is 18.9 Å². The van der Waals surface area contributed by atoms with Crippen LogP contribution in [0.4, 0.5) is 5.69 Å². The number of methoxy groups -OCH3 is 3. The molecule has 2 fully saturated rings. The molecule has 3 aromatic rings. The molecule has 1 saturated heterocycles. The zero-order chi connectivity index (χ0) is 28.1. The molecule has 6 rings (SSSR count). The lowest BCUT2D eigenvalue weighted by molar-refractivity contribution is -0.123. The van der Waals surface area contributed by atoms with E-state index in [1.54, 1.807) is 32.4 Å². The Balaban J connectivity index is 1.47. The molecule has 40 heavy (non-hydrogen) atoms. The van der Waals surface area contributed by atoms with Crippen molar-refractivity contribution in [3.05, 3.63) is 101 Å². The molecule has 1 aliphatic heterocycles. The first-order valence-corrected chi connectivity index (χ1v) is 13.2. The Morgan fingerprint density at radius 2 is 1.15 bits per heavy atom. The summed E-state index contributed by atoms with van der Waals surface area (Å²) >= 11 is 0. The summed E-state index contributed by atoms with van der Waals surface area (Å²) in [7, 11) is 4.74. The smallest absolute Gasteiger partial charge is 0.238 e. The SMILES string of the molecule is COc1ccc(C(=C2C3C=CC2C2C(=O)N(c4cc(C(C)=O)ccc4OC)C(=O)C32)c2ccc(OC)cc2)cc1. The van der Waals surface area contributed by atoms with E-state index in [9.17, 15) is 14.4 Å². The molecule has 0 aromatic heterocycles. The van der Waals surface area contributed by atoms with Crippen molar-refractivity contribution in [3.8, 4) is 17.2 Å². The summed E-state index contributed by atoms with van der Waals surface area (Å²) in [6.07, 6.45) is 4.12. The minimum Gasteiger partial charge on any atom is -0.497 e. The summed E-state index contributed by atoms with van der Waals surface area (Å²) in [6, 6.07) is 20.5. The number of ether oxygens (including phenoxy) is 3. The maximum atomic E-state index is 14.0. The topological polar surface area (TPSA) is 82.1 Å². The average molecular weight is 536 g/mol. The Hall–Kier alpha value is -4.65. The second kappa shape index (κ2) is 9.83. The highest BCUT2D eigenvalue weighted by Crippen LogP contribution is 2.59. The van der Waals surface area contributed by atoms with E-state index in [2.05, 4.69) is 12.2 Å². The van der Waals surface area contributed by atoms with E-state index in [1.807, 2.05) is 48.5 Å². The lowest BCUT2D eigenvalue weighted by atomic mass is 9.85. The molecule has 0 N–H and O–H groups in total. The maximum Gasteiger partial charge on any atom is 0.238 e. The molecule has 1 heterocycles. The Bertz CT molecular complexity index is 1500. The van der Waals surface area contributed by atoms with Gasteiger partial charge in [-0.1, -0.05) is 36.4 Å². The van der Waals surface area contributed by atoms with Crippen molar-refractivity contribution in [1.29, 1.82) is 0 Å². The fraction of sp³-hybridized carbons (Fsp3) is 0.242. The number of hydrogen-bond acceptors (Lipinski definition) is 6. The summed E-state index contributed by atoms with van der Waals surface area (Å²) in [5, 5.41) is 0. The van der Waals surface area contributed by atoms with Crippen LogP contribution in [-0.2, 0) is 9.59 Å². The van der Waals surface area contributed by atoms with Crippen LogP contribution in [0, 0.1) is 23.7 Å². The van der Waals surface area contributed by atoms with Crippen LogP contribution in [0.1, 0.15) is 28.4 Å². The molecule has 202 valence electrons. The van der Waals surface area contributed by atoms with Crippen LogP contribution >= 0.6 is 0 Å². The molecule has 0 spiro atoms. The number of amides is 2. The van der Waals surface area contributed by atoms with Crippen molar-refractivity contribution in [1.82, 2.24) is 0 Å². The number of imide groups is 1. The highest BCUT2D eigenvalue weighted by molar-refractivity contribution is 6.24. The van der Waals surface area contributed by atoms with Gasteiger partial charge in [0.05, 0.1) is 38.9 Å². The summed E-state index contributed by atoms with van der Waals surface area (Å²) in [6.45, 7) is 1.45. The molecular formula is C33H29NO6. The van der Waals surface area contributed by atoms with Gasteiger partial charge in [0.2, 0.25) is 11.8 Å². The lowest BCUT2D eigenvalue weighted by Crippen LogP contribution is -2.33. The number of benzene rings is 3. The Labute approximate surface area is 232 Å². The summed E-state index contributed by atoms with van der Waals surface area (Å²) in [5.41, 5.74) is 4.75. The van der Waals surface area contributed by atoms with Crippen LogP contribution in [0.2, 0.25) is 0 Å². The molecule has 3 aromatic carbocycles. The Morgan fingerprint density at radius 3 is 1.57 bits per heavy atom. The number of carbonyl (C=O) groups is 3. The van der Waals surface area contributed by atoms with Gasteiger partial charge in [0.1, 0.15) is 17.2 Å². The summed E-state index contributed by atoms with van der Waals surface area (Å²) in [4.78, 5) is 41.4. The van der Waals surface area contributed by atoms with Gasteiger partial charge in [-0.2, -0.15) is 0 Å². The number of hydrogen-bond donors (Lipinski definition) is 0. The quantitative estimate of drug-likeness (QED) is 0.231. The third kappa shape index (κ3) is 3.84. The molecule has 3 aliphatic rings. The molecule has 7 nitrogen and oxygen atoms in total. The molecule has 2 bridgehead atoms. The second-order valence-corrected chi connectivity index (χ2v) is 10.2. The van der Waals surface area contributed by atoms with Crippen LogP contribution in [0.25, 0.3) is 5.57 Å². The van der Waals surface area contributed by atoms with E-state index in [0.717, 1.165) is 33.8 Å². The number of nitrogens with zero attached hydrogens (tertiary/aromatic N) is 1. The van der Waals surface area contributed by atoms with Crippen molar-refractivity contribution in [2.24, 2.45) is 23.7 Å². The molecule has 7 heteroatoms.